The van der Waals surface area contributed by atoms with E-state index in [-0.39, 0.29) is 75.2 Å². The number of rotatable bonds is 12. The number of hydrogen-bond donors (Lipinski definition) is 2. The maximum Gasteiger partial charge on any atom is 2.00 e. The first-order chi connectivity index (χ1) is 21.6. The molecule has 0 heterocycles. The third-order valence-electron chi connectivity index (χ3n) is 8.00. The van der Waals surface area contributed by atoms with Crippen LogP contribution in [0, 0.1) is 0 Å². The largest absolute Gasteiger partial charge is 2.00 e. The second-order valence-electron chi connectivity index (χ2n) is 17.0. The smallest absolute Gasteiger partial charge is 0.778 e. The van der Waals surface area contributed by atoms with Gasteiger partial charge >= 0.3 is 16.5 Å². The van der Waals surface area contributed by atoms with Crippen LogP contribution in [0.4, 0.5) is 0 Å². The van der Waals surface area contributed by atoms with Crippen LogP contribution in [0.3, 0.4) is 0 Å². The van der Waals surface area contributed by atoms with Crippen LogP contribution >= 0.6 is 15.2 Å². The molecular formula is C38H64NiO8P2. The van der Waals surface area contributed by atoms with E-state index in [0.29, 0.717) is 12.8 Å². The Morgan fingerprint density at radius 1 is 0.551 bits per heavy atom. The molecule has 11 heteroatoms. The number of phenols is 2. The third-order valence-corrected chi connectivity index (χ3v) is 10.8. The molecule has 49 heavy (non-hydrogen) atoms. The van der Waals surface area contributed by atoms with Gasteiger partial charge in [0, 0.05) is 12.3 Å². The van der Waals surface area contributed by atoms with Crippen molar-refractivity contribution < 1.29 is 54.7 Å². The maximum absolute atomic E-state index is 11.9. The standard InChI is InChI=1S/2C19H33O4P.Ni/c2*1-8-9-10-24(21,22)23-13-14-11-15(18(2,3)4)17(20)16(12-14)19(5,6)7;/h2*11-12,20H,8-10,13H2,1-7H3,(H,21,22);/q;;+2/p-2. The molecule has 2 aromatic rings. The Labute approximate surface area is 307 Å². The summed E-state index contributed by atoms with van der Waals surface area (Å²) in [6, 6.07) is 7.41. The second kappa shape index (κ2) is 18.5. The normalized spacial score (nSPS) is 15.0. The molecule has 2 unspecified atom stereocenters. The van der Waals surface area contributed by atoms with Crippen molar-refractivity contribution >= 4 is 15.2 Å². The minimum absolute atomic E-state index is 0. The zero-order valence-electron chi connectivity index (χ0n) is 32.5. The van der Waals surface area contributed by atoms with Gasteiger partial charge in [-0.15, -0.1) is 0 Å². The van der Waals surface area contributed by atoms with Crippen LogP contribution in [0.2, 0.25) is 0 Å². The minimum atomic E-state index is -3.81. The van der Waals surface area contributed by atoms with Gasteiger partial charge in [0.25, 0.3) is 0 Å². The van der Waals surface area contributed by atoms with E-state index in [4.69, 9.17) is 9.05 Å². The molecule has 0 bridgehead atoms. The molecule has 0 aliphatic heterocycles. The molecule has 0 saturated carbocycles. The van der Waals surface area contributed by atoms with Crippen molar-refractivity contribution in [1.82, 2.24) is 0 Å². The van der Waals surface area contributed by atoms with Gasteiger partial charge in [-0.25, -0.2) is 0 Å². The first-order valence-electron chi connectivity index (χ1n) is 17.2. The van der Waals surface area contributed by atoms with Crippen LogP contribution < -0.4 is 9.79 Å². The molecule has 284 valence electrons. The van der Waals surface area contributed by atoms with Crippen LogP contribution in [0.1, 0.15) is 156 Å². The number of aromatic hydroxyl groups is 2. The number of hydrogen-bond acceptors (Lipinski definition) is 8. The minimum Gasteiger partial charge on any atom is -0.778 e. The molecule has 0 fully saturated rings. The summed E-state index contributed by atoms with van der Waals surface area (Å²) in [6.45, 7) is 28.2. The van der Waals surface area contributed by atoms with E-state index in [9.17, 15) is 29.1 Å². The topological polar surface area (TPSA) is 139 Å². The Kier molecular flexibility index (Phi) is 18.1. The van der Waals surface area contributed by atoms with Crippen LogP contribution in [0.5, 0.6) is 11.5 Å². The fourth-order valence-corrected chi connectivity index (χ4v) is 7.38. The fraction of sp³-hybridized carbons (Fsp3) is 0.684. The van der Waals surface area contributed by atoms with Gasteiger partial charge < -0.3 is 38.2 Å². The maximum atomic E-state index is 11.9. The molecule has 2 rings (SSSR count). The van der Waals surface area contributed by atoms with Gasteiger partial charge in [-0.1, -0.05) is 110 Å². The SMILES string of the molecule is CCCCP(=O)([O-])OCc1cc(C(C)(C)C)c(O)c(C(C)(C)C)c1.CCCCP(=O)([O-])OCc1cc(C(C)(C)C)c(O)c(C(C)(C)C)c1.[Ni+2]. The number of benzene rings is 2. The van der Waals surface area contributed by atoms with Crippen molar-refractivity contribution in [2.75, 3.05) is 12.3 Å². The molecule has 0 aliphatic rings. The zero-order valence-corrected chi connectivity index (χ0v) is 35.3. The van der Waals surface area contributed by atoms with Gasteiger partial charge in [0.1, 0.15) is 26.7 Å². The molecule has 0 aromatic heterocycles. The van der Waals surface area contributed by atoms with Crippen molar-refractivity contribution in [3.05, 3.63) is 57.6 Å². The quantitative estimate of drug-likeness (QED) is 0.161. The van der Waals surface area contributed by atoms with Gasteiger partial charge in [0.05, 0.1) is 13.2 Å². The monoisotopic (exact) mass is 768 g/mol. The summed E-state index contributed by atoms with van der Waals surface area (Å²) < 4.78 is 34.3. The van der Waals surface area contributed by atoms with Gasteiger partial charge in [-0.3, -0.25) is 0 Å². The number of unbranched alkanes of at least 4 members (excludes halogenated alkanes) is 2. The van der Waals surface area contributed by atoms with Gasteiger partial charge in [0.2, 0.25) is 0 Å². The molecule has 0 amide bonds. The van der Waals surface area contributed by atoms with E-state index in [1.807, 2.05) is 121 Å². The summed E-state index contributed by atoms with van der Waals surface area (Å²) in [4.78, 5) is 23.9. The molecule has 8 nitrogen and oxygen atoms in total. The Morgan fingerprint density at radius 3 is 0.959 bits per heavy atom. The Bertz CT molecular complexity index is 1260. The molecular weight excluding hydrogens is 705 g/mol. The van der Waals surface area contributed by atoms with Crippen molar-refractivity contribution in [2.24, 2.45) is 0 Å². The summed E-state index contributed by atoms with van der Waals surface area (Å²) >= 11 is 0. The molecule has 2 aromatic carbocycles. The Morgan fingerprint density at radius 2 is 0.776 bits per heavy atom. The van der Waals surface area contributed by atoms with Crippen molar-refractivity contribution in [3.63, 3.8) is 0 Å². The molecule has 0 saturated heterocycles. The summed E-state index contributed by atoms with van der Waals surface area (Å²) in [5.74, 6) is 0.574. The summed E-state index contributed by atoms with van der Waals surface area (Å²) in [7, 11) is -7.62. The summed E-state index contributed by atoms with van der Waals surface area (Å²) in [5, 5.41) is 21.3. The Balaban J connectivity index is 0.000000922. The fourth-order valence-electron chi connectivity index (χ4n) is 5.02. The second-order valence-corrected chi connectivity index (χ2v) is 20.9. The molecule has 2 N–H and O–H groups in total. The van der Waals surface area contributed by atoms with Crippen LogP contribution in [0.25, 0.3) is 0 Å². The van der Waals surface area contributed by atoms with E-state index < -0.39 is 15.2 Å². The van der Waals surface area contributed by atoms with Gasteiger partial charge in [-0.2, -0.15) is 0 Å². The third kappa shape index (κ3) is 15.9. The first-order valence-corrected chi connectivity index (χ1v) is 20.6. The zero-order chi connectivity index (χ0) is 37.5. The van der Waals surface area contributed by atoms with Crippen LogP contribution in [-0.4, -0.2) is 22.5 Å². The van der Waals surface area contributed by atoms with E-state index in [1.54, 1.807) is 0 Å². The van der Waals surface area contributed by atoms with E-state index in [2.05, 4.69) is 0 Å². The summed E-state index contributed by atoms with van der Waals surface area (Å²) in [5.41, 5.74) is 3.79. The van der Waals surface area contributed by atoms with Crippen molar-refractivity contribution in [2.45, 2.75) is 157 Å². The average Bonchev–Trinajstić information content (AvgIpc) is 2.92. The predicted octanol–water partition coefficient (Wildman–Crippen LogP) is 9.71. The number of phenolic OH excluding ortho intramolecular Hbond substituents is 2. The van der Waals surface area contributed by atoms with Crippen molar-refractivity contribution in [1.29, 1.82) is 0 Å². The van der Waals surface area contributed by atoms with Crippen molar-refractivity contribution in [3.8, 4) is 11.5 Å². The Hall–Kier alpha value is -1.17. The molecule has 0 aliphatic carbocycles. The van der Waals surface area contributed by atoms with Gasteiger partial charge in [-0.05, 0) is 92.1 Å². The van der Waals surface area contributed by atoms with Crippen LogP contribution in [0.15, 0.2) is 24.3 Å². The van der Waals surface area contributed by atoms with Gasteiger partial charge in [0.15, 0.2) is 0 Å². The average molecular weight is 770 g/mol. The van der Waals surface area contributed by atoms with Crippen LogP contribution in [-0.2, 0) is 69.5 Å². The first kappa shape index (κ1) is 47.8. The van der Waals surface area contributed by atoms with E-state index in [1.165, 1.54) is 0 Å². The predicted molar refractivity (Wildman–Crippen MR) is 195 cm³/mol. The molecule has 0 spiro atoms. The van der Waals surface area contributed by atoms with E-state index >= 15 is 0 Å². The molecule has 0 radical (unpaired) electrons. The van der Waals surface area contributed by atoms with E-state index in [0.717, 1.165) is 46.2 Å². The molecule has 2 atom stereocenters. The summed E-state index contributed by atoms with van der Waals surface area (Å²) in [6.07, 6.45) is 2.99.